The first-order valence-electron chi connectivity index (χ1n) is 5.20. The fourth-order valence-corrected chi connectivity index (χ4v) is 1.48. The molecular formula is C13H15FO3. The van der Waals surface area contributed by atoms with Gasteiger partial charge in [0.25, 0.3) is 0 Å². The summed E-state index contributed by atoms with van der Waals surface area (Å²) in [6.07, 6.45) is 1.73. The van der Waals surface area contributed by atoms with Crippen molar-refractivity contribution in [3.05, 3.63) is 48.3 Å². The molecule has 0 aliphatic rings. The molecule has 0 aliphatic carbocycles. The summed E-state index contributed by atoms with van der Waals surface area (Å²) < 4.78 is 17.6. The van der Waals surface area contributed by atoms with Gasteiger partial charge in [0.05, 0.1) is 0 Å². The summed E-state index contributed by atoms with van der Waals surface area (Å²) in [6, 6.07) is 5.42. The van der Waals surface area contributed by atoms with E-state index in [1.165, 1.54) is 37.3 Å². The molecule has 1 aromatic rings. The largest absolute Gasteiger partial charge is 0.462 e. The number of ether oxygens (including phenoxy) is 1. The molecule has 1 aromatic carbocycles. The molecule has 4 heteroatoms. The zero-order valence-electron chi connectivity index (χ0n) is 9.65. The molecule has 0 spiro atoms. The average Bonchev–Trinajstić information content (AvgIpc) is 2.28. The van der Waals surface area contributed by atoms with Gasteiger partial charge < -0.3 is 9.84 Å². The molecule has 1 N–H and O–H groups in total. The van der Waals surface area contributed by atoms with Crippen LogP contribution in [0.4, 0.5) is 4.39 Å². The number of benzene rings is 1. The fourth-order valence-electron chi connectivity index (χ4n) is 1.48. The zero-order chi connectivity index (χ0) is 12.9. The molecule has 0 fully saturated rings. The lowest BCUT2D eigenvalue weighted by Gasteiger charge is -2.26. The monoisotopic (exact) mass is 238 g/mol. The summed E-state index contributed by atoms with van der Waals surface area (Å²) in [5, 5.41) is 10.4. The number of hydrogen-bond acceptors (Lipinski definition) is 3. The van der Waals surface area contributed by atoms with Crippen molar-refractivity contribution in [3.8, 4) is 0 Å². The van der Waals surface area contributed by atoms with Gasteiger partial charge in [-0.3, -0.25) is 4.79 Å². The van der Waals surface area contributed by atoms with Crippen molar-refractivity contribution in [2.75, 3.05) is 6.61 Å². The van der Waals surface area contributed by atoms with Crippen LogP contribution in [0.1, 0.15) is 18.9 Å². The van der Waals surface area contributed by atoms with E-state index in [0.717, 1.165) is 0 Å². The Morgan fingerprint density at radius 3 is 2.59 bits per heavy atom. The summed E-state index contributed by atoms with van der Waals surface area (Å²) in [4.78, 5) is 10.8. The van der Waals surface area contributed by atoms with E-state index in [1.54, 1.807) is 0 Å². The molecule has 0 saturated heterocycles. The number of carbonyl (C=O) groups is 1. The van der Waals surface area contributed by atoms with Gasteiger partial charge in [0, 0.05) is 13.3 Å². The number of carbonyl (C=O) groups excluding carboxylic acids is 1. The van der Waals surface area contributed by atoms with E-state index in [4.69, 9.17) is 4.74 Å². The molecule has 1 rings (SSSR count). The van der Waals surface area contributed by atoms with E-state index >= 15 is 0 Å². The molecule has 0 amide bonds. The Hall–Kier alpha value is -1.68. The van der Waals surface area contributed by atoms with E-state index < -0.39 is 11.6 Å². The van der Waals surface area contributed by atoms with E-state index in [0.29, 0.717) is 5.56 Å². The molecule has 1 atom stereocenters. The van der Waals surface area contributed by atoms with E-state index in [1.807, 2.05) is 0 Å². The summed E-state index contributed by atoms with van der Waals surface area (Å²) in [5.41, 5.74) is -0.874. The summed E-state index contributed by atoms with van der Waals surface area (Å²) in [5.74, 6) is -0.864. The third-order valence-corrected chi connectivity index (χ3v) is 2.38. The first-order chi connectivity index (χ1) is 7.98. The van der Waals surface area contributed by atoms with E-state index in [-0.39, 0.29) is 18.8 Å². The molecule has 0 unspecified atom stereocenters. The summed E-state index contributed by atoms with van der Waals surface area (Å²) >= 11 is 0. The molecule has 0 saturated carbocycles. The smallest absolute Gasteiger partial charge is 0.302 e. The minimum absolute atomic E-state index is 0.181. The Morgan fingerprint density at radius 2 is 2.12 bits per heavy atom. The highest BCUT2D eigenvalue weighted by Gasteiger charge is 2.29. The predicted octanol–water partition coefficient (Wildman–Crippen LogP) is 2.15. The summed E-state index contributed by atoms with van der Waals surface area (Å²) in [6.45, 7) is 4.62. The van der Waals surface area contributed by atoms with Crippen molar-refractivity contribution in [1.29, 1.82) is 0 Å². The molecule has 0 aliphatic heterocycles. The third-order valence-electron chi connectivity index (χ3n) is 2.38. The van der Waals surface area contributed by atoms with Gasteiger partial charge in [0.15, 0.2) is 0 Å². The second-order valence-electron chi connectivity index (χ2n) is 3.81. The van der Waals surface area contributed by atoms with E-state index in [2.05, 4.69) is 6.58 Å². The molecule has 0 heterocycles. The van der Waals surface area contributed by atoms with Gasteiger partial charge in [-0.05, 0) is 17.7 Å². The van der Waals surface area contributed by atoms with Crippen LogP contribution in [0, 0.1) is 5.82 Å². The Labute approximate surface area is 99.5 Å². The van der Waals surface area contributed by atoms with Crippen LogP contribution in [0.25, 0.3) is 0 Å². The highest BCUT2D eigenvalue weighted by Crippen LogP contribution is 2.26. The zero-order valence-corrected chi connectivity index (χ0v) is 9.65. The molecular weight excluding hydrogens is 223 g/mol. The number of esters is 1. The third kappa shape index (κ3) is 3.67. The summed E-state index contributed by atoms with van der Waals surface area (Å²) in [7, 11) is 0. The molecule has 3 nitrogen and oxygen atoms in total. The Balaban J connectivity index is 2.93. The second kappa shape index (κ2) is 5.59. The second-order valence-corrected chi connectivity index (χ2v) is 3.81. The van der Waals surface area contributed by atoms with Crippen LogP contribution < -0.4 is 0 Å². The SMILES string of the molecule is C=CC[C@](O)(COC(C)=O)c1ccc(F)cc1. The Kier molecular flexibility index (Phi) is 4.40. The number of halogens is 1. The maximum atomic E-state index is 12.8. The molecule has 0 radical (unpaired) electrons. The van der Waals surface area contributed by atoms with Crippen molar-refractivity contribution in [2.24, 2.45) is 0 Å². The maximum Gasteiger partial charge on any atom is 0.302 e. The van der Waals surface area contributed by atoms with Crippen LogP contribution in [-0.4, -0.2) is 17.7 Å². The van der Waals surface area contributed by atoms with Gasteiger partial charge in [0.2, 0.25) is 0 Å². The quantitative estimate of drug-likeness (QED) is 0.631. The molecule has 17 heavy (non-hydrogen) atoms. The van der Waals surface area contributed by atoms with Crippen molar-refractivity contribution >= 4 is 5.97 Å². The van der Waals surface area contributed by atoms with Crippen LogP contribution in [0.15, 0.2) is 36.9 Å². The van der Waals surface area contributed by atoms with Crippen LogP contribution in [0.3, 0.4) is 0 Å². The van der Waals surface area contributed by atoms with Gasteiger partial charge in [-0.1, -0.05) is 18.2 Å². The number of aliphatic hydroxyl groups is 1. The van der Waals surface area contributed by atoms with Gasteiger partial charge in [-0.2, -0.15) is 0 Å². The van der Waals surface area contributed by atoms with Crippen molar-refractivity contribution in [3.63, 3.8) is 0 Å². The van der Waals surface area contributed by atoms with Gasteiger partial charge in [0.1, 0.15) is 18.0 Å². The molecule has 92 valence electrons. The lowest BCUT2D eigenvalue weighted by molar-refractivity contribution is -0.149. The standard InChI is InChI=1S/C13H15FO3/c1-3-8-13(16,9-17-10(2)15)11-4-6-12(14)7-5-11/h3-7,16H,1,8-9H2,2H3/t13-/m0/s1. The normalized spacial score (nSPS) is 13.8. The van der Waals surface area contributed by atoms with Gasteiger partial charge in [-0.15, -0.1) is 6.58 Å². The fraction of sp³-hybridized carbons (Fsp3) is 0.308. The first kappa shape index (κ1) is 13.4. The average molecular weight is 238 g/mol. The Morgan fingerprint density at radius 1 is 1.53 bits per heavy atom. The van der Waals surface area contributed by atoms with Gasteiger partial charge >= 0.3 is 5.97 Å². The lowest BCUT2D eigenvalue weighted by Crippen LogP contribution is -2.32. The van der Waals surface area contributed by atoms with Crippen LogP contribution in [-0.2, 0) is 15.1 Å². The molecule has 0 aromatic heterocycles. The number of rotatable bonds is 5. The van der Waals surface area contributed by atoms with Crippen molar-refractivity contribution < 1.29 is 19.0 Å². The topological polar surface area (TPSA) is 46.5 Å². The van der Waals surface area contributed by atoms with Crippen LogP contribution >= 0.6 is 0 Å². The van der Waals surface area contributed by atoms with Crippen molar-refractivity contribution in [1.82, 2.24) is 0 Å². The highest BCUT2D eigenvalue weighted by atomic mass is 19.1. The first-order valence-corrected chi connectivity index (χ1v) is 5.20. The lowest BCUT2D eigenvalue weighted by atomic mass is 9.91. The minimum atomic E-state index is -1.36. The van der Waals surface area contributed by atoms with Gasteiger partial charge in [-0.25, -0.2) is 4.39 Å². The Bertz CT molecular complexity index is 400. The van der Waals surface area contributed by atoms with E-state index in [9.17, 15) is 14.3 Å². The van der Waals surface area contributed by atoms with Crippen molar-refractivity contribution in [2.45, 2.75) is 18.9 Å². The number of hydrogen-bond donors (Lipinski definition) is 1. The van der Waals surface area contributed by atoms with Crippen LogP contribution in [0.5, 0.6) is 0 Å². The maximum absolute atomic E-state index is 12.8. The molecule has 0 bridgehead atoms. The highest BCUT2D eigenvalue weighted by molar-refractivity contribution is 5.66. The van der Waals surface area contributed by atoms with Crippen LogP contribution in [0.2, 0.25) is 0 Å². The predicted molar refractivity (Wildman–Crippen MR) is 61.7 cm³/mol. The minimum Gasteiger partial charge on any atom is -0.462 e.